The molecule has 1 aliphatic rings. The molecule has 2 aromatic heterocycles. The molecule has 8 aromatic rings. The highest BCUT2D eigenvalue weighted by molar-refractivity contribution is 6.13. The van der Waals surface area contributed by atoms with Gasteiger partial charge in [0.1, 0.15) is 0 Å². The molecule has 0 fully saturated rings. The van der Waals surface area contributed by atoms with E-state index in [0.29, 0.717) is 0 Å². The van der Waals surface area contributed by atoms with Crippen molar-refractivity contribution in [3.05, 3.63) is 133 Å². The first kappa shape index (κ1) is 23.4. The number of rotatable bonds is 2. The quantitative estimate of drug-likeness (QED) is 0.223. The zero-order valence-electron chi connectivity index (χ0n) is 23.4. The van der Waals surface area contributed by atoms with Gasteiger partial charge in [-0.15, -0.1) is 0 Å². The minimum Gasteiger partial charge on any atom is -0.354 e. The van der Waals surface area contributed by atoms with E-state index in [9.17, 15) is 0 Å². The summed E-state index contributed by atoms with van der Waals surface area (Å²) < 4.78 is 0. The molecule has 0 saturated heterocycles. The van der Waals surface area contributed by atoms with E-state index in [1.54, 1.807) is 0 Å². The van der Waals surface area contributed by atoms with Crippen molar-refractivity contribution in [1.29, 1.82) is 0 Å². The average molecular weight is 538 g/mol. The molecule has 2 heterocycles. The Kier molecular flexibility index (Phi) is 4.67. The Balaban J connectivity index is 1.16. The number of nitrogens with one attached hydrogen (secondary N) is 1. The summed E-state index contributed by atoms with van der Waals surface area (Å²) in [6, 6.07) is 39.3. The van der Waals surface area contributed by atoms with Crippen LogP contribution in [0, 0.1) is 0 Å². The van der Waals surface area contributed by atoms with E-state index in [0.717, 1.165) is 22.5 Å². The maximum atomic E-state index is 4.95. The largest absolute Gasteiger partial charge is 0.354 e. The van der Waals surface area contributed by atoms with Gasteiger partial charge in [0.25, 0.3) is 0 Å². The predicted molar refractivity (Wildman–Crippen MR) is 175 cm³/mol. The van der Waals surface area contributed by atoms with E-state index in [1.165, 1.54) is 65.6 Å². The molecular weight excluding hydrogens is 510 g/mol. The van der Waals surface area contributed by atoms with E-state index in [4.69, 9.17) is 9.97 Å². The molecule has 0 spiro atoms. The van der Waals surface area contributed by atoms with Gasteiger partial charge in [0, 0.05) is 32.8 Å². The summed E-state index contributed by atoms with van der Waals surface area (Å²) in [5.74, 6) is 0. The Hall–Kier alpha value is -5.28. The fraction of sp³-hybridized carbons (Fsp3) is 0.0769. The van der Waals surface area contributed by atoms with Crippen LogP contribution in [0.3, 0.4) is 0 Å². The maximum Gasteiger partial charge on any atom is 0.0892 e. The van der Waals surface area contributed by atoms with Crippen LogP contribution >= 0.6 is 0 Å². The van der Waals surface area contributed by atoms with Crippen molar-refractivity contribution in [1.82, 2.24) is 15.0 Å². The SMILES string of the molecule is CC1(C)c2ccc(-c3cnc(-c4cc5ccccc5c5ccccc45)cn3)cc2-c2ccc3c([nH]c4ccccc43)c21. The van der Waals surface area contributed by atoms with Crippen LogP contribution in [0.25, 0.3) is 77.0 Å². The molecule has 1 aliphatic carbocycles. The smallest absolute Gasteiger partial charge is 0.0892 e. The first-order valence-electron chi connectivity index (χ1n) is 14.5. The zero-order chi connectivity index (χ0) is 28.0. The van der Waals surface area contributed by atoms with Crippen LogP contribution < -0.4 is 0 Å². The lowest BCUT2D eigenvalue weighted by atomic mass is 9.81. The van der Waals surface area contributed by atoms with Crippen molar-refractivity contribution >= 4 is 43.4 Å². The number of aromatic amines is 1. The zero-order valence-corrected chi connectivity index (χ0v) is 23.4. The molecule has 0 unspecified atom stereocenters. The molecule has 0 amide bonds. The summed E-state index contributed by atoms with van der Waals surface area (Å²) in [6.07, 6.45) is 3.84. The molecular formula is C39H27N3. The fourth-order valence-corrected chi connectivity index (χ4v) is 7.28. The van der Waals surface area contributed by atoms with Gasteiger partial charge in [0.15, 0.2) is 0 Å². The van der Waals surface area contributed by atoms with E-state index in [1.807, 2.05) is 12.4 Å². The minimum absolute atomic E-state index is 0.115. The predicted octanol–water partition coefficient (Wildman–Crippen LogP) is 10.1. The van der Waals surface area contributed by atoms with Crippen LogP contribution in [0.2, 0.25) is 0 Å². The van der Waals surface area contributed by atoms with Crippen molar-refractivity contribution in [2.45, 2.75) is 19.3 Å². The summed E-state index contributed by atoms with van der Waals surface area (Å²) in [5.41, 5.74) is 11.5. The molecule has 0 saturated carbocycles. The number of nitrogens with zero attached hydrogens (tertiary/aromatic N) is 2. The van der Waals surface area contributed by atoms with Crippen molar-refractivity contribution in [3.8, 4) is 33.6 Å². The summed E-state index contributed by atoms with van der Waals surface area (Å²) >= 11 is 0. The molecule has 198 valence electrons. The molecule has 3 heteroatoms. The Morgan fingerprint density at radius 3 is 2.10 bits per heavy atom. The van der Waals surface area contributed by atoms with E-state index in [-0.39, 0.29) is 5.41 Å². The lowest BCUT2D eigenvalue weighted by Gasteiger charge is -2.22. The second-order valence-corrected chi connectivity index (χ2v) is 11.9. The number of para-hydroxylation sites is 1. The fourth-order valence-electron chi connectivity index (χ4n) is 7.28. The monoisotopic (exact) mass is 537 g/mol. The standard InChI is InChI=1S/C39H27N3/c1-39(2)33-18-15-24(20-31(33)29-16-17-30-28-13-7-8-14-34(28)42-38(30)37(29)39)35-21-41-36(22-40-35)32-19-23-9-3-4-10-25(23)26-11-5-6-12-27(26)32/h3-22,42H,1-2H3. The van der Waals surface area contributed by atoms with Crippen LogP contribution in [0.5, 0.6) is 0 Å². The normalized spacial score (nSPS) is 13.7. The summed E-state index contributed by atoms with van der Waals surface area (Å²) in [5, 5.41) is 7.46. The van der Waals surface area contributed by atoms with Gasteiger partial charge in [-0.05, 0) is 62.0 Å². The maximum absolute atomic E-state index is 4.95. The van der Waals surface area contributed by atoms with Gasteiger partial charge in [-0.2, -0.15) is 0 Å². The van der Waals surface area contributed by atoms with Crippen LogP contribution in [0.4, 0.5) is 0 Å². The molecule has 3 nitrogen and oxygen atoms in total. The highest BCUT2D eigenvalue weighted by Gasteiger charge is 2.37. The molecule has 1 N–H and O–H groups in total. The first-order chi connectivity index (χ1) is 20.6. The van der Waals surface area contributed by atoms with E-state index >= 15 is 0 Å². The van der Waals surface area contributed by atoms with Crippen molar-refractivity contribution in [2.75, 3.05) is 0 Å². The Labute approximate surface area is 243 Å². The summed E-state index contributed by atoms with van der Waals surface area (Å²) in [6.45, 7) is 4.68. The van der Waals surface area contributed by atoms with E-state index < -0.39 is 0 Å². The second kappa shape index (κ2) is 8.37. The minimum atomic E-state index is -0.115. The lowest BCUT2D eigenvalue weighted by molar-refractivity contribution is 0.665. The molecule has 6 aromatic carbocycles. The first-order valence-corrected chi connectivity index (χ1v) is 14.5. The Morgan fingerprint density at radius 1 is 0.548 bits per heavy atom. The van der Waals surface area contributed by atoms with Gasteiger partial charge < -0.3 is 4.98 Å². The third kappa shape index (κ3) is 3.16. The molecule has 9 rings (SSSR count). The topological polar surface area (TPSA) is 41.6 Å². The number of benzene rings is 6. The van der Waals surface area contributed by atoms with Crippen molar-refractivity contribution in [3.63, 3.8) is 0 Å². The molecule has 42 heavy (non-hydrogen) atoms. The Morgan fingerprint density at radius 2 is 1.26 bits per heavy atom. The molecule has 0 radical (unpaired) electrons. The number of hydrogen-bond donors (Lipinski definition) is 1. The molecule has 0 bridgehead atoms. The Bertz CT molecular complexity index is 2380. The number of aromatic nitrogens is 3. The number of fused-ring (bicyclic) bond motifs is 10. The van der Waals surface area contributed by atoms with Gasteiger partial charge in [-0.3, -0.25) is 9.97 Å². The van der Waals surface area contributed by atoms with Gasteiger partial charge in [0.2, 0.25) is 0 Å². The van der Waals surface area contributed by atoms with Crippen LogP contribution in [-0.4, -0.2) is 15.0 Å². The highest BCUT2D eigenvalue weighted by atomic mass is 14.8. The van der Waals surface area contributed by atoms with Gasteiger partial charge >= 0.3 is 0 Å². The highest BCUT2D eigenvalue weighted by Crippen LogP contribution is 2.52. The third-order valence-corrected chi connectivity index (χ3v) is 9.28. The average Bonchev–Trinajstić information content (AvgIpc) is 3.52. The van der Waals surface area contributed by atoms with Gasteiger partial charge in [-0.25, -0.2) is 0 Å². The molecule has 0 aliphatic heterocycles. The molecule has 0 atom stereocenters. The van der Waals surface area contributed by atoms with E-state index in [2.05, 4.69) is 128 Å². The van der Waals surface area contributed by atoms with Crippen molar-refractivity contribution < 1.29 is 0 Å². The number of hydrogen-bond acceptors (Lipinski definition) is 2. The summed E-state index contributed by atoms with van der Waals surface area (Å²) in [7, 11) is 0. The second-order valence-electron chi connectivity index (χ2n) is 11.9. The van der Waals surface area contributed by atoms with Crippen LogP contribution in [0.1, 0.15) is 25.0 Å². The van der Waals surface area contributed by atoms with Gasteiger partial charge in [0.05, 0.1) is 29.3 Å². The van der Waals surface area contributed by atoms with Crippen LogP contribution in [0.15, 0.2) is 122 Å². The number of H-pyrrole nitrogens is 1. The van der Waals surface area contributed by atoms with Gasteiger partial charge in [-0.1, -0.05) is 105 Å². The summed E-state index contributed by atoms with van der Waals surface area (Å²) in [4.78, 5) is 13.6. The third-order valence-electron chi connectivity index (χ3n) is 9.28. The van der Waals surface area contributed by atoms with Crippen LogP contribution in [-0.2, 0) is 5.41 Å². The van der Waals surface area contributed by atoms with Crippen molar-refractivity contribution in [2.24, 2.45) is 0 Å². The lowest BCUT2D eigenvalue weighted by Crippen LogP contribution is -2.15.